The Balaban J connectivity index is 2.24. The van der Waals surface area contributed by atoms with Gasteiger partial charge in [-0.2, -0.15) is 0 Å². The summed E-state index contributed by atoms with van der Waals surface area (Å²) in [7, 11) is 0. The van der Waals surface area contributed by atoms with E-state index in [2.05, 4.69) is 10.3 Å². The van der Waals surface area contributed by atoms with Gasteiger partial charge in [-0.1, -0.05) is 12.1 Å². The summed E-state index contributed by atoms with van der Waals surface area (Å²) in [6.07, 6.45) is 3.51. The standard InChI is InChI=1S/C13H13N3OS/c1-18-11-7-3-2-6-10(11)16-13(17)12-9(14)5-4-8-15-12/h2-8H,14H2,1H3,(H,16,17). The minimum absolute atomic E-state index is 0.244. The van der Waals surface area contributed by atoms with E-state index in [4.69, 9.17) is 5.73 Å². The van der Waals surface area contributed by atoms with E-state index in [0.29, 0.717) is 5.69 Å². The van der Waals surface area contributed by atoms with Crippen molar-refractivity contribution in [3.63, 3.8) is 0 Å². The number of rotatable bonds is 3. The molecule has 1 heterocycles. The van der Waals surface area contributed by atoms with Crippen LogP contribution in [0.15, 0.2) is 47.5 Å². The van der Waals surface area contributed by atoms with E-state index in [0.717, 1.165) is 10.6 Å². The second-order valence-electron chi connectivity index (χ2n) is 3.60. The lowest BCUT2D eigenvalue weighted by atomic mass is 10.2. The molecule has 1 aromatic heterocycles. The summed E-state index contributed by atoms with van der Waals surface area (Å²) in [5, 5.41) is 2.82. The first kappa shape index (κ1) is 12.4. The maximum atomic E-state index is 12.0. The molecule has 0 bridgehead atoms. The molecule has 0 aliphatic rings. The molecule has 0 aliphatic carbocycles. The van der Waals surface area contributed by atoms with E-state index >= 15 is 0 Å². The quantitative estimate of drug-likeness (QED) is 0.831. The molecule has 5 heteroatoms. The van der Waals surface area contributed by atoms with Gasteiger partial charge in [-0.05, 0) is 30.5 Å². The molecule has 18 heavy (non-hydrogen) atoms. The molecular weight excluding hydrogens is 246 g/mol. The lowest BCUT2D eigenvalue weighted by molar-refractivity contribution is 0.102. The van der Waals surface area contributed by atoms with E-state index < -0.39 is 0 Å². The van der Waals surface area contributed by atoms with Gasteiger partial charge in [0, 0.05) is 11.1 Å². The third-order valence-corrected chi connectivity index (χ3v) is 3.20. The molecule has 1 aromatic carbocycles. The van der Waals surface area contributed by atoms with Gasteiger partial charge in [-0.15, -0.1) is 11.8 Å². The third-order valence-electron chi connectivity index (χ3n) is 2.41. The zero-order valence-corrected chi connectivity index (χ0v) is 10.7. The summed E-state index contributed by atoms with van der Waals surface area (Å²) in [4.78, 5) is 17.0. The number of nitrogens with one attached hydrogen (secondary N) is 1. The number of carbonyl (C=O) groups excluding carboxylic acids is 1. The average Bonchev–Trinajstić information content (AvgIpc) is 2.39. The number of para-hydroxylation sites is 1. The highest BCUT2D eigenvalue weighted by Crippen LogP contribution is 2.25. The molecule has 0 fully saturated rings. The Labute approximate surface area is 110 Å². The number of pyridine rings is 1. The van der Waals surface area contributed by atoms with E-state index in [9.17, 15) is 4.79 Å². The number of hydrogen-bond acceptors (Lipinski definition) is 4. The Kier molecular flexibility index (Phi) is 3.84. The van der Waals surface area contributed by atoms with Crippen molar-refractivity contribution in [3.05, 3.63) is 48.3 Å². The van der Waals surface area contributed by atoms with Crippen molar-refractivity contribution in [2.45, 2.75) is 4.90 Å². The molecule has 0 saturated carbocycles. The zero-order chi connectivity index (χ0) is 13.0. The minimum atomic E-state index is -0.297. The summed E-state index contributed by atoms with van der Waals surface area (Å²) in [5.74, 6) is -0.297. The predicted molar refractivity (Wildman–Crippen MR) is 74.8 cm³/mol. The number of benzene rings is 1. The van der Waals surface area contributed by atoms with Crippen LogP contribution in [0.1, 0.15) is 10.5 Å². The number of nitrogens with two attached hydrogens (primary N) is 1. The highest BCUT2D eigenvalue weighted by molar-refractivity contribution is 7.98. The van der Waals surface area contributed by atoms with E-state index in [1.165, 1.54) is 0 Å². The first-order chi connectivity index (χ1) is 8.72. The topological polar surface area (TPSA) is 68.0 Å². The average molecular weight is 259 g/mol. The molecule has 0 radical (unpaired) electrons. The largest absolute Gasteiger partial charge is 0.397 e. The first-order valence-corrected chi connectivity index (χ1v) is 6.59. The van der Waals surface area contributed by atoms with Crippen molar-refractivity contribution in [3.8, 4) is 0 Å². The van der Waals surface area contributed by atoms with Gasteiger partial charge < -0.3 is 11.1 Å². The number of amides is 1. The maximum absolute atomic E-state index is 12.0. The van der Waals surface area contributed by atoms with Gasteiger partial charge >= 0.3 is 0 Å². The number of nitrogen functional groups attached to an aromatic ring is 1. The highest BCUT2D eigenvalue weighted by Gasteiger charge is 2.12. The van der Waals surface area contributed by atoms with Crippen LogP contribution in [-0.2, 0) is 0 Å². The van der Waals surface area contributed by atoms with Gasteiger partial charge in [0.25, 0.3) is 5.91 Å². The van der Waals surface area contributed by atoms with Crippen molar-refractivity contribution in [1.29, 1.82) is 0 Å². The molecule has 0 aliphatic heterocycles. The second kappa shape index (κ2) is 5.55. The minimum Gasteiger partial charge on any atom is -0.397 e. The van der Waals surface area contributed by atoms with Crippen LogP contribution in [0.25, 0.3) is 0 Å². The van der Waals surface area contributed by atoms with E-state index in [1.807, 2.05) is 30.5 Å². The van der Waals surface area contributed by atoms with Crippen LogP contribution in [0.5, 0.6) is 0 Å². The summed E-state index contributed by atoms with van der Waals surface area (Å²) >= 11 is 1.57. The number of thioether (sulfide) groups is 1. The molecule has 3 N–H and O–H groups in total. The van der Waals surface area contributed by atoms with Crippen molar-refractivity contribution in [1.82, 2.24) is 4.98 Å². The van der Waals surface area contributed by atoms with Crippen LogP contribution < -0.4 is 11.1 Å². The molecule has 1 amide bonds. The van der Waals surface area contributed by atoms with Crippen molar-refractivity contribution in [2.24, 2.45) is 0 Å². The Hall–Kier alpha value is -2.01. The van der Waals surface area contributed by atoms with Crippen LogP contribution >= 0.6 is 11.8 Å². The van der Waals surface area contributed by atoms with Crippen LogP contribution in [-0.4, -0.2) is 17.1 Å². The Morgan fingerprint density at radius 3 is 2.78 bits per heavy atom. The molecule has 0 atom stereocenters. The molecule has 92 valence electrons. The van der Waals surface area contributed by atoms with Crippen molar-refractivity contribution >= 4 is 29.0 Å². The zero-order valence-electron chi connectivity index (χ0n) is 9.88. The third kappa shape index (κ3) is 2.62. The summed E-state index contributed by atoms with van der Waals surface area (Å²) < 4.78 is 0. The number of hydrogen-bond donors (Lipinski definition) is 2. The Morgan fingerprint density at radius 2 is 2.06 bits per heavy atom. The smallest absolute Gasteiger partial charge is 0.276 e. The fourth-order valence-electron chi connectivity index (χ4n) is 1.54. The molecule has 0 spiro atoms. The predicted octanol–water partition coefficient (Wildman–Crippen LogP) is 2.64. The van der Waals surface area contributed by atoms with E-state index in [-0.39, 0.29) is 11.6 Å². The van der Waals surface area contributed by atoms with Crippen LogP contribution in [0.2, 0.25) is 0 Å². The normalized spacial score (nSPS) is 10.1. The Morgan fingerprint density at radius 1 is 1.28 bits per heavy atom. The SMILES string of the molecule is CSc1ccccc1NC(=O)c1ncccc1N. The van der Waals surface area contributed by atoms with Gasteiger partial charge in [-0.3, -0.25) is 4.79 Å². The van der Waals surface area contributed by atoms with Gasteiger partial charge in [0.05, 0.1) is 11.4 Å². The van der Waals surface area contributed by atoms with Gasteiger partial charge in [0.2, 0.25) is 0 Å². The molecule has 0 unspecified atom stereocenters. The van der Waals surface area contributed by atoms with Crippen LogP contribution in [0, 0.1) is 0 Å². The van der Waals surface area contributed by atoms with E-state index in [1.54, 1.807) is 30.1 Å². The van der Waals surface area contributed by atoms with Crippen molar-refractivity contribution < 1.29 is 4.79 Å². The number of aromatic nitrogens is 1. The monoisotopic (exact) mass is 259 g/mol. The molecule has 2 rings (SSSR count). The second-order valence-corrected chi connectivity index (χ2v) is 4.44. The first-order valence-electron chi connectivity index (χ1n) is 5.37. The van der Waals surface area contributed by atoms with Crippen LogP contribution in [0.3, 0.4) is 0 Å². The summed E-state index contributed by atoms with van der Waals surface area (Å²) in [6, 6.07) is 10.9. The molecule has 4 nitrogen and oxygen atoms in total. The van der Waals surface area contributed by atoms with Gasteiger partial charge in [0.1, 0.15) is 0 Å². The lowest BCUT2D eigenvalue weighted by Crippen LogP contribution is -2.16. The summed E-state index contributed by atoms with van der Waals surface area (Å²) in [6.45, 7) is 0. The van der Waals surface area contributed by atoms with Crippen molar-refractivity contribution in [2.75, 3.05) is 17.3 Å². The van der Waals surface area contributed by atoms with Gasteiger partial charge in [0.15, 0.2) is 5.69 Å². The highest BCUT2D eigenvalue weighted by atomic mass is 32.2. The van der Waals surface area contributed by atoms with Crippen LogP contribution in [0.4, 0.5) is 11.4 Å². The number of anilines is 2. The molecular formula is C13H13N3OS. The molecule has 0 saturated heterocycles. The summed E-state index contributed by atoms with van der Waals surface area (Å²) in [5.41, 5.74) is 7.10. The fraction of sp³-hybridized carbons (Fsp3) is 0.0769. The Bertz CT molecular complexity index is 572. The lowest BCUT2D eigenvalue weighted by Gasteiger charge is -2.09. The number of nitrogens with zero attached hydrogens (tertiary/aromatic N) is 1. The molecule has 2 aromatic rings. The maximum Gasteiger partial charge on any atom is 0.276 e. The fourth-order valence-corrected chi connectivity index (χ4v) is 2.09. The number of carbonyl (C=O) groups is 1. The van der Waals surface area contributed by atoms with Gasteiger partial charge in [-0.25, -0.2) is 4.98 Å².